The molecule has 13 heteroatoms. The van der Waals surface area contributed by atoms with Crippen LogP contribution in [0.3, 0.4) is 0 Å². The largest absolute Gasteiger partial charge is 0.497 e. The third-order valence-corrected chi connectivity index (χ3v) is 11.1. The molecule has 1 unspecified atom stereocenters. The third-order valence-electron chi connectivity index (χ3n) is 9.19. The SMILES string of the molecule is CC.CCCC.CCc1cccc(C(C)(F)F)c1.CN.COc1ccc(CN(c2ccncn2)S(=O)(=O)c2ccc(N3CCCC(N(C)C)C3)cc2C)c(OC)c1. The highest BCUT2D eigenvalue weighted by Gasteiger charge is 2.30. The zero-order valence-electron chi connectivity index (χ0n) is 36.4. The van der Waals surface area contributed by atoms with Gasteiger partial charge in [0.25, 0.3) is 15.9 Å². The average Bonchev–Trinajstić information content (AvgIpc) is 3.24. The first-order chi connectivity index (χ1) is 27.2. The monoisotopic (exact) mass is 814 g/mol. The molecule has 1 fully saturated rings. The van der Waals surface area contributed by atoms with Crippen LogP contribution in [0.2, 0.25) is 0 Å². The van der Waals surface area contributed by atoms with Crippen molar-refractivity contribution in [1.29, 1.82) is 0 Å². The summed E-state index contributed by atoms with van der Waals surface area (Å²) in [4.78, 5) is 13.1. The number of rotatable bonds is 12. The van der Waals surface area contributed by atoms with Crippen molar-refractivity contribution >= 4 is 21.5 Å². The van der Waals surface area contributed by atoms with Crippen LogP contribution in [0.15, 0.2) is 84.1 Å². The summed E-state index contributed by atoms with van der Waals surface area (Å²) in [6, 6.07) is 19.5. The highest BCUT2D eigenvalue weighted by Crippen LogP contribution is 2.33. The molecule has 10 nitrogen and oxygen atoms in total. The van der Waals surface area contributed by atoms with Gasteiger partial charge in [-0.15, -0.1) is 0 Å². The number of methoxy groups -OCH3 is 2. The van der Waals surface area contributed by atoms with Crippen LogP contribution in [-0.4, -0.2) is 77.8 Å². The maximum Gasteiger partial charge on any atom is 0.270 e. The molecule has 318 valence electrons. The molecule has 2 N–H and O–H groups in total. The molecule has 1 saturated heterocycles. The molecule has 4 aromatic rings. The molecule has 0 aliphatic carbocycles. The highest BCUT2D eigenvalue weighted by atomic mass is 32.2. The minimum absolute atomic E-state index is 0.0321. The van der Waals surface area contributed by atoms with Gasteiger partial charge in [-0.25, -0.2) is 31.5 Å². The lowest BCUT2D eigenvalue weighted by Gasteiger charge is -2.37. The summed E-state index contributed by atoms with van der Waals surface area (Å²) in [6.07, 6.45) is 8.58. The molecular weight excluding hydrogens is 747 g/mol. The summed E-state index contributed by atoms with van der Waals surface area (Å²) in [5, 5.41) is 0. The maximum atomic E-state index is 14.1. The normalized spacial score (nSPS) is 13.6. The van der Waals surface area contributed by atoms with Gasteiger partial charge in [-0.2, -0.15) is 0 Å². The van der Waals surface area contributed by atoms with Gasteiger partial charge in [0, 0.05) is 61.2 Å². The van der Waals surface area contributed by atoms with E-state index in [0.29, 0.717) is 28.7 Å². The molecule has 1 aliphatic heterocycles. The molecule has 0 amide bonds. The van der Waals surface area contributed by atoms with Crippen molar-refractivity contribution in [3.05, 3.63) is 102 Å². The molecule has 3 aromatic carbocycles. The number of aromatic nitrogens is 2. The molecule has 1 aliphatic rings. The van der Waals surface area contributed by atoms with Crippen LogP contribution in [0.5, 0.6) is 11.5 Å². The van der Waals surface area contributed by atoms with Crippen LogP contribution < -0.4 is 24.4 Å². The smallest absolute Gasteiger partial charge is 0.270 e. The van der Waals surface area contributed by atoms with E-state index >= 15 is 0 Å². The number of benzene rings is 3. The predicted octanol–water partition coefficient (Wildman–Crippen LogP) is 9.50. The zero-order chi connectivity index (χ0) is 43.2. The maximum absolute atomic E-state index is 14.1. The average molecular weight is 815 g/mol. The molecule has 0 bridgehead atoms. The van der Waals surface area contributed by atoms with Gasteiger partial charge in [-0.05, 0) is 94.9 Å². The summed E-state index contributed by atoms with van der Waals surface area (Å²) in [5.41, 5.74) is 7.96. The Morgan fingerprint density at radius 3 is 2.16 bits per heavy atom. The number of alkyl halides is 2. The topological polar surface area (TPSA) is 114 Å². The second-order valence-corrected chi connectivity index (χ2v) is 15.2. The van der Waals surface area contributed by atoms with Crippen molar-refractivity contribution in [1.82, 2.24) is 14.9 Å². The van der Waals surface area contributed by atoms with Crippen molar-refractivity contribution in [2.24, 2.45) is 5.73 Å². The Bertz CT molecular complexity index is 1820. The van der Waals surface area contributed by atoms with E-state index in [-0.39, 0.29) is 22.8 Å². The zero-order valence-corrected chi connectivity index (χ0v) is 37.2. The minimum Gasteiger partial charge on any atom is -0.497 e. The Hall–Kier alpha value is -4.33. The summed E-state index contributed by atoms with van der Waals surface area (Å²) in [6.45, 7) is 15.0. The van der Waals surface area contributed by atoms with Gasteiger partial charge >= 0.3 is 0 Å². The molecule has 2 heterocycles. The number of hydrogen-bond acceptors (Lipinski definition) is 9. The Morgan fingerprint density at radius 2 is 1.63 bits per heavy atom. The van der Waals surface area contributed by atoms with Crippen LogP contribution in [0.1, 0.15) is 89.5 Å². The summed E-state index contributed by atoms with van der Waals surface area (Å²) < 4.78 is 65.8. The number of ether oxygens (including phenoxy) is 2. The number of nitrogens with zero attached hydrogens (tertiary/aromatic N) is 5. The van der Waals surface area contributed by atoms with E-state index in [1.807, 2.05) is 45.9 Å². The number of piperidine rings is 1. The lowest BCUT2D eigenvalue weighted by Crippen LogP contribution is -2.45. The summed E-state index contributed by atoms with van der Waals surface area (Å²) in [7, 11) is 4.87. The number of likely N-dealkylation sites (N-methyl/N-ethyl adjacent to an activating group) is 1. The standard InChI is InChI=1S/C27H35N5O4S.C10H12F2.C4H10.C2H6.CH5N/c1-20-15-22(31-14-6-7-23(18-31)30(2)3)9-11-26(20)37(33,34)32(27-12-13-28-19-29-27)17-21-8-10-24(35-4)16-25(21)36-5;1-3-8-5-4-6-9(7-8)10(2,11)12;1-3-4-2;2*1-2/h8-13,15-16,19,23H,6-7,14,17-18H2,1-5H3;4-7H,3H2,1-2H3;3-4H2,1-2H3;1-2H3;2H2,1H3. The third kappa shape index (κ3) is 15.5. The van der Waals surface area contributed by atoms with Crippen LogP contribution in [0.25, 0.3) is 0 Å². The lowest BCUT2D eigenvalue weighted by molar-refractivity contribution is 0.0174. The Balaban J connectivity index is 0.000000672. The Morgan fingerprint density at radius 1 is 0.947 bits per heavy atom. The molecule has 1 atom stereocenters. The van der Waals surface area contributed by atoms with Crippen molar-refractivity contribution < 1.29 is 26.7 Å². The second kappa shape index (κ2) is 25.8. The van der Waals surface area contributed by atoms with Gasteiger partial charge in [-0.3, -0.25) is 0 Å². The van der Waals surface area contributed by atoms with E-state index in [2.05, 4.69) is 53.4 Å². The van der Waals surface area contributed by atoms with E-state index in [4.69, 9.17) is 9.47 Å². The predicted molar refractivity (Wildman–Crippen MR) is 232 cm³/mol. The summed E-state index contributed by atoms with van der Waals surface area (Å²) in [5.74, 6) is -1.29. The van der Waals surface area contributed by atoms with Crippen LogP contribution >= 0.6 is 0 Å². The van der Waals surface area contributed by atoms with E-state index in [9.17, 15) is 17.2 Å². The molecular formula is C44H68F2N6O4S. The van der Waals surface area contributed by atoms with Gasteiger partial charge in [0.1, 0.15) is 23.6 Å². The fourth-order valence-corrected chi connectivity index (χ4v) is 7.38. The molecule has 1 aromatic heterocycles. The molecule has 5 rings (SSSR count). The first kappa shape index (κ1) is 50.7. The fourth-order valence-electron chi connectivity index (χ4n) is 5.77. The van der Waals surface area contributed by atoms with Crippen LogP contribution in [-0.2, 0) is 28.9 Å². The lowest BCUT2D eigenvalue weighted by atomic mass is 10.0. The number of halogens is 2. The molecule has 0 saturated carbocycles. The molecule has 0 spiro atoms. The first-order valence-corrected chi connectivity index (χ1v) is 21.2. The number of unbranched alkanes of at least 4 members (excludes halogenated alkanes) is 1. The quantitative estimate of drug-likeness (QED) is 0.149. The number of nitrogens with two attached hydrogens (primary N) is 1. The fraction of sp³-hybridized carbons (Fsp3) is 0.500. The number of anilines is 2. The second-order valence-electron chi connectivity index (χ2n) is 13.4. The van der Waals surface area contributed by atoms with E-state index in [0.717, 1.165) is 50.5 Å². The first-order valence-electron chi connectivity index (χ1n) is 19.8. The minimum atomic E-state index is -3.97. The number of aryl methyl sites for hydroxylation is 2. The molecule has 0 radical (unpaired) electrons. The van der Waals surface area contributed by atoms with Gasteiger partial charge in [0.15, 0.2) is 0 Å². The number of sulfonamides is 1. The van der Waals surface area contributed by atoms with Crippen LogP contribution in [0.4, 0.5) is 20.3 Å². The van der Waals surface area contributed by atoms with Gasteiger partial charge in [0.05, 0.1) is 25.7 Å². The Labute approximate surface area is 342 Å². The van der Waals surface area contributed by atoms with E-state index in [1.54, 1.807) is 56.7 Å². The van der Waals surface area contributed by atoms with E-state index in [1.165, 1.54) is 42.8 Å². The van der Waals surface area contributed by atoms with E-state index < -0.39 is 15.9 Å². The van der Waals surface area contributed by atoms with Crippen molar-refractivity contribution in [2.75, 3.05) is 57.7 Å². The van der Waals surface area contributed by atoms with Crippen molar-refractivity contribution in [3.8, 4) is 11.5 Å². The summed E-state index contributed by atoms with van der Waals surface area (Å²) >= 11 is 0. The van der Waals surface area contributed by atoms with Gasteiger partial charge in [0.2, 0.25) is 0 Å². The highest BCUT2D eigenvalue weighted by molar-refractivity contribution is 7.92. The van der Waals surface area contributed by atoms with Gasteiger partial charge in [-0.1, -0.05) is 65.7 Å². The molecule has 57 heavy (non-hydrogen) atoms. The van der Waals surface area contributed by atoms with Crippen molar-refractivity contribution in [3.63, 3.8) is 0 Å². The number of hydrogen-bond donors (Lipinski definition) is 1. The van der Waals surface area contributed by atoms with Crippen molar-refractivity contribution in [2.45, 2.75) is 104 Å². The van der Waals surface area contributed by atoms with Gasteiger partial charge < -0.3 is 25.0 Å². The van der Waals surface area contributed by atoms with Crippen LogP contribution in [0, 0.1) is 6.92 Å². The Kier molecular flexibility index (Phi) is 23.0.